The summed E-state index contributed by atoms with van der Waals surface area (Å²) >= 11 is 0. The van der Waals surface area contributed by atoms with Gasteiger partial charge in [0.15, 0.2) is 0 Å². The summed E-state index contributed by atoms with van der Waals surface area (Å²) in [5.41, 5.74) is 0.565. The van der Waals surface area contributed by atoms with Gasteiger partial charge in [-0.15, -0.1) is 10.2 Å². The van der Waals surface area contributed by atoms with Crippen molar-refractivity contribution in [3.63, 3.8) is 0 Å². The standard InChI is InChI=1S/C26H31FN6O4/c1-26(2,3)28-25(36)23(17-8-12-20(34)13-9-17)32(15-21-5-4-14-37-21)22(35)16-33-30-24(29-31-33)18-6-10-19(27)11-7-18/h6-13,21,23,34H,4-5,14-16H2,1-3H3,(H,28,36)/t21-,23+/m1/s1. The molecule has 1 aromatic heterocycles. The third-order valence-electron chi connectivity index (χ3n) is 5.84. The van der Waals surface area contributed by atoms with Crippen molar-refractivity contribution >= 4 is 11.8 Å². The minimum atomic E-state index is -0.975. The van der Waals surface area contributed by atoms with Crippen molar-refractivity contribution in [1.82, 2.24) is 30.4 Å². The molecule has 11 heteroatoms. The Morgan fingerprint density at radius 3 is 2.51 bits per heavy atom. The van der Waals surface area contributed by atoms with Gasteiger partial charge >= 0.3 is 0 Å². The number of benzene rings is 2. The summed E-state index contributed by atoms with van der Waals surface area (Å²) in [6, 6.07) is 10.9. The van der Waals surface area contributed by atoms with Crippen molar-refractivity contribution in [3.8, 4) is 17.1 Å². The van der Waals surface area contributed by atoms with Crippen LogP contribution in [-0.2, 0) is 20.9 Å². The summed E-state index contributed by atoms with van der Waals surface area (Å²) in [4.78, 5) is 29.9. The molecule has 2 amide bonds. The average Bonchev–Trinajstić information content (AvgIpc) is 3.51. The van der Waals surface area contributed by atoms with Gasteiger partial charge in [-0.1, -0.05) is 12.1 Å². The molecule has 0 bridgehead atoms. The molecule has 2 atom stereocenters. The van der Waals surface area contributed by atoms with E-state index in [0.29, 0.717) is 17.7 Å². The van der Waals surface area contributed by atoms with E-state index in [4.69, 9.17) is 4.74 Å². The van der Waals surface area contributed by atoms with Gasteiger partial charge in [-0.2, -0.15) is 4.80 Å². The maximum atomic E-state index is 13.7. The fraction of sp³-hybridized carbons (Fsp3) is 0.423. The molecule has 2 heterocycles. The Kier molecular flexibility index (Phi) is 7.82. The number of tetrazole rings is 1. The molecule has 2 aromatic carbocycles. The lowest BCUT2D eigenvalue weighted by Gasteiger charge is -2.35. The first-order valence-corrected chi connectivity index (χ1v) is 12.1. The number of carbonyl (C=O) groups excluding carboxylic acids is 2. The minimum absolute atomic E-state index is 0.0517. The van der Waals surface area contributed by atoms with Gasteiger partial charge in [-0.25, -0.2) is 4.39 Å². The van der Waals surface area contributed by atoms with Crippen molar-refractivity contribution in [2.24, 2.45) is 0 Å². The highest BCUT2D eigenvalue weighted by Crippen LogP contribution is 2.27. The summed E-state index contributed by atoms with van der Waals surface area (Å²) in [5, 5.41) is 25.0. The van der Waals surface area contributed by atoms with Crippen LogP contribution in [0.4, 0.5) is 4.39 Å². The van der Waals surface area contributed by atoms with Crippen LogP contribution in [0.5, 0.6) is 5.75 Å². The largest absolute Gasteiger partial charge is 0.508 e. The molecule has 0 unspecified atom stereocenters. The number of aromatic nitrogens is 4. The van der Waals surface area contributed by atoms with E-state index >= 15 is 0 Å². The number of phenols is 1. The van der Waals surface area contributed by atoms with Gasteiger partial charge in [0.05, 0.1) is 6.10 Å². The zero-order valence-electron chi connectivity index (χ0n) is 21.1. The predicted molar refractivity (Wildman–Crippen MR) is 133 cm³/mol. The van der Waals surface area contributed by atoms with Crippen LogP contribution in [0.1, 0.15) is 45.2 Å². The number of ether oxygens (including phenoxy) is 1. The number of amides is 2. The molecule has 10 nitrogen and oxygen atoms in total. The molecule has 1 saturated heterocycles. The number of rotatable bonds is 8. The SMILES string of the molecule is CC(C)(C)NC(=O)[C@H](c1ccc(O)cc1)N(C[C@H]1CCCO1)C(=O)Cn1nnc(-c2ccc(F)cc2)n1. The van der Waals surface area contributed by atoms with Crippen molar-refractivity contribution < 1.29 is 23.8 Å². The lowest BCUT2D eigenvalue weighted by Crippen LogP contribution is -2.51. The molecule has 1 aliphatic heterocycles. The molecule has 0 saturated carbocycles. The number of carbonyl (C=O) groups is 2. The van der Waals surface area contributed by atoms with Crippen LogP contribution in [0.2, 0.25) is 0 Å². The zero-order chi connectivity index (χ0) is 26.6. The van der Waals surface area contributed by atoms with Gasteiger partial charge in [-0.3, -0.25) is 9.59 Å². The molecule has 3 aromatic rings. The van der Waals surface area contributed by atoms with Gasteiger partial charge in [0.2, 0.25) is 17.6 Å². The number of nitrogens with zero attached hydrogens (tertiary/aromatic N) is 5. The lowest BCUT2D eigenvalue weighted by molar-refractivity contribution is -0.144. The number of nitrogens with one attached hydrogen (secondary N) is 1. The lowest BCUT2D eigenvalue weighted by atomic mass is 10.0. The highest BCUT2D eigenvalue weighted by Gasteiger charge is 2.36. The topological polar surface area (TPSA) is 122 Å². The number of hydrogen-bond donors (Lipinski definition) is 2. The molecule has 1 fully saturated rings. The van der Waals surface area contributed by atoms with Crippen LogP contribution in [-0.4, -0.2) is 66.8 Å². The molecule has 0 aliphatic carbocycles. The number of aromatic hydroxyl groups is 1. The van der Waals surface area contributed by atoms with Crippen molar-refractivity contribution in [1.29, 1.82) is 0 Å². The molecular formula is C26H31FN6O4. The van der Waals surface area contributed by atoms with E-state index in [0.717, 1.165) is 17.6 Å². The third-order valence-corrected chi connectivity index (χ3v) is 5.84. The van der Waals surface area contributed by atoms with E-state index < -0.39 is 17.5 Å². The highest BCUT2D eigenvalue weighted by atomic mass is 19.1. The quantitative estimate of drug-likeness (QED) is 0.478. The Hall–Kier alpha value is -3.86. The first-order chi connectivity index (χ1) is 17.6. The van der Waals surface area contributed by atoms with Crippen LogP contribution in [0, 0.1) is 5.82 Å². The molecule has 2 N–H and O–H groups in total. The van der Waals surface area contributed by atoms with Crippen molar-refractivity contribution in [2.75, 3.05) is 13.2 Å². The summed E-state index contributed by atoms with van der Waals surface area (Å²) in [7, 11) is 0. The second-order valence-electron chi connectivity index (χ2n) is 10.1. The van der Waals surface area contributed by atoms with Gasteiger partial charge in [0.1, 0.15) is 24.2 Å². The molecule has 0 radical (unpaired) electrons. The second-order valence-corrected chi connectivity index (χ2v) is 10.1. The Bertz CT molecular complexity index is 1220. The normalized spacial score (nSPS) is 16.4. The first-order valence-electron chi connectivity index (χ1n) is 12.1. The molecular weight excluding hydrogens is 479 g/mol. The summed E-state index contributed by atoms with van der Waals surface area (Å²) < 4.78 is 19.1. The summed E-state index contributed by atoms with van der Waals surface area (Å²) in [6.07, 6.45) is 1.42. The number of phenolic OH excluding ortho intramolecular Hbond substituents is 1. The van der Waals surface area contributed by atoms with E-state index in [-0.39, 0.29) is 42.5 Å². The van der Waals surface area contributed by atoms with E-state index in [2.05, 4.69) is 20.7 Å². The molecule has 37 heavy (non-hydrogen) atoms. The minimum Gasteiger partial charge on any atom is -0.508 e. The van der Waals surface area contributed by atoms with Gasteiger partial charge in [-0.05, 0) is 80.8 Å². The fourth-order valence-corrected chi connectivity index (χ4v) is 4.16. The smallest absolute Gasteiger partial charge is 0.247 e. The van der Waals surface area contributed by atoms with E-state index in [9.17, 15) is 19.1 Å². The van der Waals surface area contributed by atoms with Crippen LogP contribution in [0.15, 0.2) is 48.5 Å². The Morgan fingerprint density at radius 1 is 1.19 bits per heavy atom. The highest BCUT2D eigenvalue weighted by molar-refractivity contribution is 5.89. The summed E-state index contributed by atoms with van der Waals surface area (Å²) in [5.74, 6) is -0.844. The number of hydrogen-bond acceptors (Lipinski definition) is 7. The van der Waals surface area contributed by atoms with Crippen molar-refractivity contribution in [2.45, 2.75) is 57.8 Å². The third kappa shape index (κ3) is 6.88. The fourth-order valence-electron chi connectivity index (χ4n) is 4.16. The maximum absolute atomic E-state index is 13.7. The van der Waals surface area contributed by atoms with Crippen LogP contribution in [0.3, 0.4) is 0 Å². The van der Waals surface area contributed by atoms with Gasteiger partial charge in [0.25, 0.3) is 0 Å². The Labute approximate surface area is 214 Å². The monoisotopic (exact) mass is 510 g/mol. The first kappa shape index (κ1) is 26.2. The number of halogens is 1. The maximum Gasteiger partial charge on any atom is 0.247 e. The van der Waals surface area contributed by atoms with E-state index in [1.807, 2.05) is 20.8 Å². The molecule has 196 valence electrons. The van der Waals surface area contributed by atoms with Gasteiger partial charge in [0, 0.05) is 24.3 Å². The molecule has 4 rings (SSSR count). The van der Waals surface area contributed by atoms with Crippen LogP contribution >= 0.6 is 0 Å². The zero-order valence-corrected chi connectivity index (χ0v) is 21.1. The summed E-state index contributed by atoms with van der Waals surface area (Å²) in [6.45, 7) is 6.11. The van der Waals surface area contributed by atoms with Gasteiger partial charge < -0.3 is 20.1 Å². The van der Waals surface area contributed by atoms with E-state index in [1.54, 1.807) is 12.1 Å². The predicted octanol–water partition coefficient (Wildman–Crippen LogP) is 2.85. The van der Waals surface area contributed by atoms with Crippen LogP contribution < -0.4 is 5.32 Å². The second kappa shape index (κ2) is 11.0. The van der Waals surface area contributed by atoms with Crippen molar-refractivity contribution in [3.05, 3.63) is 59.9 Å². The Balaban J connectivity index is 1.64. The Morgan fingerprint density at radius 2 is 1.89 bits per heavy atom. The van der Waals surface area contributed by atoms with E-state index in [1.165, 1.54) is 41.3 Å². The molecule has 0 spiro atoms. The molecule has 1 aliphatic rings. The van der Waals surface area contributed by atoms with Crippen LogP contribution in [0.25, 0.3) is 11.4 Å². The average molecular weight is 511 g/mol.